The molecule has 1 atom stereocenters. The topological polar surface area (TPSA) is 92.4 Å². The number of amides is 2. The van der Waals surface area contributed by atoms with Crippen molar-refractivity contribution < 1.29 is 14.7 Å². The van der Waals surface area contributed by atoms with E-state index in [9.17, 15) is 9.59 Å². The van der Waals surface area contributed by atoms with Crippen LogP contribution in [-0.4, -0.2) is 23.7 Å². The summed E-state index contributed by atoms with van der Waals surface area (Å²) < 4.78 is 0. The number of unbranched alkanes of at least 4 members (excludes halogenated alkanes) is 1. The zero-order valence-corrected chi connectivity index (χ0v) is 6.12. The SMILES string of the molecule is NC(=O)NC(O)CCCC=O. The highest BCUT2D eigenvalue weighted by Gasteiger charge is 2.03. The molecule has 0 aliphatic heterocycles. The number of nitrogens with one attached hydrogen (secondary N) is 1. The van der Waals surface area contributed by atoms with Crippen molar-refractivity contribution in [1.82, 2.24) is 5.32 Å². The summed E-state index contributed by atoms with van der Waals surface area (Å²) in [6.07, 6.45) is 1.11. The molecule has 2 amide bonds. The lowest BCUT2D eigenvalue weighted by atomic mass is 10.2. The number of urea groups is 1. The van der Waals surface area contributed by atoms with Gasteiger partial charge in [-0.1, -0.05) is 0 Å². The monoisotopic (exact) mass is 160 g/mol. The molecule has 0 aromatic rings. The molecule has 11 heavy (non-hydrogen) atoms. The summed E-state index contributed by atoms with van der Waals surface area (Å²) in [5.41, 5.74) is 4.72. The van der Waals surface area contributed by atoms with Crippen molar-refractivity contribution in [2.45, 2.75) is 25.5 Å². The highest BCUT2D eigenvalue weighted by molar-refractivity contribution is 5.71. The van der Waals surface area contributed by atoms with E-state index >= 15 is 0 Å². The molecule has 0 radical (unpaired) electrons. The average Bonchev–Trinajstić information content (AvgIpc) is 1.86. The first-order valence-electron chi connectivity index (χ1n) is 3.34. The summed E-state index contributed by atoms with van der Waals surface area (Å²) in [7, 11) is 0. The minimum absolute atomic E-state index is 0.349. The molecule has 0 fully saturated rings. The maximum atomic E-state index is 10.1. The number of aldehydes is 1. The number of carbonyl (C=O) groups excluding carboxylic acids is 2. The van der Waals surface area contributed by atoms with Crippen LogP contribution in [0.5, 0.6) is 0 Å². The zero-order valence-electron chi connectivity index (χ0n) is 6.12. The summed E-state index contributed by atoms with van der Waals surface area (Å²) in [6, 6.07) is -0.761. The maximum Gasteiger partial charge on any atom is 0.314 e. The Labute approximate surface area is 64.6 Å². The Morgan fingerprint density at radius 1 is 1.73 bits per heavy atom. The van der Waals surface area contributed by atoms with Gasteiger partial charge in [0.15, 0.2) is 0 Å². The summed E-state index contributed by atoms with van der Waals surface area (Å²) in [6.45, 7) is 0. The van der Waals surface area contributed by atoms with Crippen molar-refractivity contribution in [1.29, 1.82) is 0 Å². The van der Waals surface area contributed by atoms with Gasteiger partial charge in [-0.05, 0) is 12.8 Å². The maximum absolute atomic E-state index is 10.1. The Kier molecular flexibility index (Phi) is 5.10. The number of carbonyl (C=O) groups is 2. The van der Waals surface area contributed by atoms with Gasteiger partial charge in [0.2, 0.25) is 0 Å². The third kappa shape index (κ3) is 6.79. The smallest absolute Gasteiger partial charge is 0.314 e. The summed E-state index contributed by atoms with van der Waals surface area (Å²) in [4.78, 5) is 19.9. The van der Waals surface area contributed by atoms with Crippen LogP contribution in [0.3, 0.4) is 0 Å². The molecule has 5 nitrogen and oxygen atoms in total. The Bertz CT molecular complexity index is 138. The van der Waals surface area contributed by atoms with Crippen LogP contribution in [-0.2, 0) is 4.79 Å². The van der Waals surface area contributed by atoms with Gasteiger partial charge < -0.3 is 21.0 Å². The van der Waals surface area contributed by atoms with Crippen LogP contribution in [0.2, 0.25) is 0 Å². The number of rotatable bonds is 5. The summed E-state index contributed by atoms with van der Waals surface area (Å²) in [5.74, 6) is 0. The van der Waals surface area contributed by atoms with Crippen molar-refractivity contribution in [2.24, 2.45) is 5.73 Å². The molecular weight excluding hydrogens is 148 g/mol. The fraction of sp³-hybridized carbons (Fsp3) is 0.667. The van der Waals surface area contributed by atoms with E-state index in [4.69, 9.17) is 10.8 Å². The number of primary amides is 1. The van der Waals surface area contributed by atoms with Crippen molar-refractivity contribution >= 4 is 12.3 Å². The molecule has 5 heteroatoms. The fourth-order valence-electron chi connectivity index (χ4n) is 0.631. The summed E-state index contributed by atoms with van der Waals surface area (Å²) >= 11 is 0. The lowest BCUT2D eigenvalue weighted by Gasteiger charge is -2.08. The number of hydrogen-bond donors (Lipinski definition) is 3. The molecule has 0 saturated heterocycles. The van der Waals surface area contributed by atoms with E-state index in [1.54, 1.807) is 0 Å². The van der Waals surface area contributed by atoms with Gasteiger partial charge in [0, 0.05) is 6.42 Å². The lowest BCUT2D eigenvalue weighted by molar-refractivity contribution is -0.108. The molecule has 0 aromatic heterocycles. The van der Waals surface area contributed by atoms with E-state index in [0.29, 0.717) is 19.3 Å². The van der Waals surface area contributed by atoms with Gasteiger partial charge in [-0.25, -0.2) is 4.79 Å². The first-order chi connectivity index (χ1) is 5.16. The van der Waals surface area contributed by atoms with Crippen molar-refractivity contribution in [3.8, 4) is 0 Å². The van der Waals surface area contributed by atoms with Crippen LogP contribution in [0.15, 0.2) is 0 Å². The minimum atomic E-state index is -0.938. The van der Waals surface area contributed by atoms with E-state index in [1.807, 2.05) is 0 Å². The van der Waals surface area contributed by atoms with Gasteiger partial charge in [-0.2, -0.15) is 0 Å². The normalized spacial score (nSPS) is 12.1. The molecule has 1 unspecified atom stereocenters. The number of aliphatic hydroxyl groups excluding tert-OH is 1. The first-order valence-corrected chi connectivity index (χ1v) is 3.34. The molecule has 0 bridgehead atoms. The molecule has 0 aliphatic rings. The van der Waals surface area contributed by atoms with Crippen LogP contribution >= 0.6 is 0 Å². The van der Waals surface area contributed by atoms with Gasteiger partial charge in [-0.15, -0.1) is 0 Å². The fourth-order valence-corrected chi connectivity index (χ4v) is 0.631. The van der Waals surface area contributed by atoms with E-state index in [2.05, 4.69) is 5.32 Å². The number of hydrogen-bond acceptors (Lipinski definition) is 3. The van der Waals surface area contributed by atoms with Crippen molar-refractivity contribution in [2.75, 3.05) is 0 Å². The Morgan fingerprint density at radius 3 is 2.82 bits per heavy atom. The zero-order chi connectivity index (χ0) is 8.69. The molecule has 0 saturated carbocycles. The predicted molar refractivity (Wildman–Crippen MR) is 38.6 cm³/mol. The Balaban J connectivity index is 3.28. The molecule has 64 valence electrons. The van der Waals surface area contributed by atoms with Crippen LogP contribution in [0, 0.1) is 0 Å². The first kappa shape index (κ1) is 9.90. The molecule has 0 spiro atoms. The van der Waals surface area contributed by atoms with E-state index in [-0.39, 0.29) is 0 Å². The summed E-state index contributed by atoms with van der Waals surface area (Å²) in [5, 5.41) is 11.0. The quantitative estimate of drug-likeness (QED) is 0.283. The van der Waals surface area contributed by atoms with Crippen LogP contribution < -0.4 is 11.1 Å². The molecule has 0 heterocycles. The van der Waals surface area contributed by atoms with E-state index in [1.165, 1.54) is 0 Å². The van der Waals surface area contributed by atoms with Crippen LogP contribution in [0.4, 0.5) is 4.79 Å². The highest BCUT2D eigenvalue weighted by Crippen LogP contribution is 1.95. The van der Waals surface area contributed by atoms with Crippen LogP contribution in [0.1, 0.15) is 19.3 Å². The molecule has 0 aliphatic carbocycles. The highest BCUT2D eigenvalue weighted by atomic mass is 16.3. The molecule has 0 rings (SSSR count). The Morgan fingerprint density at radius 2 is 2.36 bits per heavy atom. The average molecular weight is 160 g/mol. The standard InChI is InChI=1S/C6H12N2O3/c7-6(11)8-5(10)3-1-2-4-9/h4-5,10H,1-3H2,(H3,7,8,11). The number of nitrogens with two attached hydrogens (primary N) is 1. The Hall–Kier alpha value is -1.10. The van der Waals surface area contributed by atoms with Crippen molar-refractivity contribution in [3.05, 3.63) is 0 Å². The van der Waals surface area contributed by atoms with Gasteiger partial charge >= 0.3 is 6.03 Å². The minimum Gasteiger partial charge on any atom is -0.374 e. The van der Waals surface area contributed by atoms with Gasteiger partial charge in [0.05, 0.1) is 0 Å². The third-order valence-electron chi connectivity index (χ3n) is 1.11. The third-order valence-corrected chi connectivity index (χ3v) is 1.11. The van der Waals surface area contributed by atoms with E-state index < -0.39 is 12.3 Å². The molecule has 4 N–H and O–H groups in total. The van der Waals surface area contributed by atoms with Crippen molar-refractivity contribution in [3.63, 3.8) is 0 Å². The van der Waals surface area contributed by atoms with Gasteiger partial charge in [0.25, 0.3) is 0 Å². The van der Waals surface area contributed by atoms with E-state index in [0.717, 1.165) is 6.29 Å². The van der Waals surface area contributed by atoms with Crippen LogP contribution in [0.25, 0.3) is 0 Å². The second-order valence-corrected chi connectivity index (χ2v) is 2.12. The predicted octanol–water partition coefficient (Wildman–Crippen LogP) is -0.658. The van der Waals surface area contributed by atoms with Gasteiger partial charge in [0.1, 0.15) is 12.5 Å². The molecule has 0 aromatic carbocycles. The molecular formula is C6H12N2O3. The lowest BCUT2D eigenvalue weighted by Crippen LogP contribution is -2.38. The second kappa shape index (κ2) is 5.67. The second-order valence-electron chi connectivity index (χ2n) is 2.12. The largest absolute Gasteiger partial charge is 0.374 e. The van der Waals surface area contributed by atoms with Gasteiger partial charge in [-0.3, -0.25) is 0 Å². The number of aliphatic hydroxyl groups is 1.